The summed E-state index contributed by atoms with van der Waals surface area (Å²) in [6.07, 6.45) is 0. The van der Waals surface area contributed by atoms with E-state index in [2.05, 4.69) is 12.6 Å². The Morgan fingerprint density at radius 3 is 2.86 bits per heavy atom. The Kier molecular flexibility index (Phi) is 2.43. The Morgan fingerprint density at radius 2 is 2.21 bits per heavy atom. The number of thiol groups is 1. The number of thiophene rings is 1. The topological polar surface area (TPSA) is 37.3 Å². The van der Waals surface area contributed by atoms with Crippen LogP contribution in [0.15, 0.2) is 22.4 Å². The predicted octanol–water partition coefficient (Wildman–Crippen LogP) is 3.54. The second-order valence-corrected chi connectivity index (χ2v) is 4.56. The van der Waals surface area contributed by atoms with E-state index >= 15 is 0 Å². The van der Waals surface area contributed by atoms with Crippen LogP contribution in [0.25, 0.3) is 10.1 Å². The summed E-state index contributed by atoms with van der Waals surface area (Å²) in [7, 11) is 0. The van der Waals surface area contributed by atoms with Gasteiger partial charge in [0.1, 0.15) is 0 Å². The molecule has 1 aromatic heterocycles. The summed E-state index contributed by atoms with van der Waals surface area (Å²) >= 11 is 11.6. The highest BCUT2D eigenvalue weighted by Crippen LogP contribution is 2.35. The number of rotatable bonds is 1. The van der Waals surface area contributed by atoms with Crippen LogP contribution in [-0.4, -0.2) is 11.1 Å². The van der Waals surface area contributed by atoms with E-state index in [-0.39, 0.29) is 5.56 Å². The molecule has 0 aliphatic heterocycles. The van der Waals surface area contributed by atoms with Crippen molar-refractivity contribution in [2.75, 3.05) is 0 Å². The average molecular weight is 245 g/mol. The van der Waals surface area contributed by atoms with E-state index in [0.717, 1.165) is 15.0 Å². The van der Waals surface area contributed by atoms with Crippen LogP contribution in [0.3, 0.4) is 0 Å². The van der Waals surface area contributed by atoms with E-state index in [0.29, 0.717) is 5.02 Å². The lowest BCUT2D eigenvalue weighted by atomic mass is 10.2. The average Bonchev–Trinajstić information content (AvgIpc) is 2.48. The van der Waals surface area contributed by atoms with Gasteiger partial charge in [0.05, 0.1) is 10.6 Å². The van der Waals surface area contributed by atoms with Crippen molar-refractivity contribution in [2.45, 2.75) is 4.90 Å². The van der Waals surface area contributed by atoms with E-state index < -0.39 is 5.97 Å². The van der Waals surface area contributed by atoms with Crippen LogP contribution in [0.4, 0.5) is 0 Å². The summed E-state index contributed by atoms with van der Waals surface area (Å²) in [5.74, 6) is -0.970. The first-order valence-electron chi connectivity index (χ1n) is 3.72. The number of fused-ring (bicyclic) bond motifs is 1. The van der Waals surface area contributed by atoms with Crippen molar-refractivity contribution in [1.82, 2.24) is 0 Å². The van der Waals surface area contributed by atoms with Crippen molar-refractivity contribution in [3.8, 4) is 0 Å². The SMILES string of the molecule is O=C(O)c1cc(Cl)c2c(S)csc2c1. The molecule has 0 spiro atoms. The maximum atomic E-state index is 10.7. The van der Waals surface area contributed by atoms with Crippen molar-refractivity contribution in [1.29, 1.82) is 0 Å². The van der Waals surface area contributed by atoms with Crippen molar-refractivity contribution in [3.63, 3.8) is 0 Å². The minimum atomic E-state index is -0.970. The fourth-order valence-electron chi connectivity index (χ4n) is 1.22. The standard InChI is InChI=1S/C9H5ClO2S2/c10-5-1-4(9(11)12)2-7-8(5)6(13)3-14-7/h1-3,13H,(H,11,12). The lowest BCUT2D eigenvalue weighted by Gasteiger charge is -1.98. The Labute approximate surface area is 94.5 Å². The minimum absolute atomic E-state index is 0.206. The van der Waals surface area contributed by atoms with Crippen LogP contribution in [0.1, 0.15) is 10.4 Å². The second-order valence-electron chi connectivity index (χ2n) is 2.76. The molecule has 14 heavy (non-hydrogen) atoms. The third-order valence-corrected chi connectivity index (χ3v) is 3.61. The fraction of sp³-hybridized carbons (Fsp3) is 0. The van der Waals surface area contributed by atoms with E-state index in [9.17, 15) is 4.79 Å². The molecule has 72 valence electrons. The van der Waals surface area contributed by atoms with Gasteiger partial charge >= 0.3 is 5.97 Å². The smallest absolute Gasteiger partial charge is 0.335 e. The second kappa shape index (κ2) is 3.46. The quantitative estimate of drug-likeness (QED) is 0.753. The van der Waals surface area contributed by atoms with E-state index in [1.54, 1.807) is 6.07 Å². The Hall–Kier alpha value is -0.710. The summed E-state index contributed by atoms with van der Waals surface area (Å²) in [6, 6.07) is 3.05. The molecular weight excluding hydrogens is 240 g/mol. The van der Waals surface area contributed by atoms with E-state index in [1.807, 2.05) is 5.38 Å². The molecule has 0 aliphatic carbocycles. The summed E-state index contributed by atoms with van der Waals surface area (Å²) in [5.41, 5.74) is 0.206. The van der Waals surface area contributed by atoms with Gasteiger partial charge < -0.3 is 5.11 Å². The summed E-state index contributed by atoms with van der Waals surface area (Å²) < 4.78 is 0.847. The molecule has 1 aromatic carbocycles. The van der Waals surface area contributed by atoms with Gasteiger partial charge in [0.15, 0.2) is 0 Å². The van der Waals surface area contributed by atoms with Gasteiger partial charge in [0.25, 0.3) is 0 Å². The van der Waals surface area contributed by atoms with Gasteiger partial charge in [0.2, 0.25) is 0 Å². The highest BCUT2D eigenvalue weighted by Gasteiger charge is 2.10. The largest absolute Gasteiger partial charge is 0.478 e. The maximum absolute atomic E-state index is 10.7. The van der Waals surface area contributed by atoms with Gasteiger partial charge in [-0.25, -0.2) is 4.79 Å². The zero-order valence-corrected chi connectivity index (χ0v) is 9.29. The number of carboxylic acids is 1. The molecule has 0 radical (unpaired) electrons. The molecule has 2 nitrogen and oxygen atoms in total. The Balaban J connectivity index is 2.80. The van der Waals surface area contributed by atoms with E-state index in [4.69, 9.17) is 16.7 Å². The van der Waals surface area contributed by atoms with Crippen molar-refractivity contribution >= 4 is 51.6 Å². The number of benzene rings is 1. The monoisotopic (exact) mass is 244 g/mol. The highest BCUT2D eigenvalue weighted by molar-refractivity contribution is 7.80. The Morgan fingerprint density at radius 1 is 1.50 bits per heavy atom. The zero-order valence-electron chi connectivity index (χ0n) is 6.82. The van der Waals surface area contributed by atoms with E-state index in [1.165, 1.54) is 17.4 Å². The third kappa shape index (κ3) is 1.49. The first-order valence-corrected chi connectivity index (χ1v) is 5.43. The van der Waals surface area contributed by atoms with Gasteiger partial charge in [-0.05, 0) is 12.1 Å². The molecule has 1 N–H and O–H groups in total. The van der Waals surface area contributed by atoms with Gasteiger partial charge in [0, 0.05) is 20.4 Å². The lowest BCUT2D eigenvalue weighted by molar-refractivity contribution is 0.0697. The van der Waals surface area contributed by atoms with Gasteiger partial charge in [-0.1, -0.05) is 11.6 Å². The molecule has 0 unspecified atom stereocenters. The minimum Gasteiger partial charge on any atom is -0.478 e. The van der Waals surface area contributed by atoms with Crippen molar-refractivity contribution in [3.05, 3.63) is 28.1 Å². The molecule has 2 aromatic rings. The summed E-state index contributed by atoms with van der Waals surface area (Å²) in [5, 5.41) is 11.9. The number of halogens is 1. The molecule has 0 bridgehead atoms. The number of carboxylic acid groups (broad SMARTS) is 1. The number of hydrogen-bond acceptors (Lipinski definition) is 3. The van der Waals surface area contributed by atoms with Crippen LogP contribution in [-0.2, 0) is 0 Å². The zero-order chi connectivity index (χ0) is 10.3. The molecule has 0 saturated carbocycles. The molecular formula is C9H5ClO2S2. The lowest BCUT2D eigenvalue weighted by Crippen LogP contribution is -1.95. The number of hydrogen-bond donors (Lipinski definition) is 2. The van der Waals surface area contributed by atoms with Crippen LogP contribution in [0.5, 0.6) is 0 Å². The molecule has 0 aliphatic rings. The molecule has 5 heteroatoms. The molecule has 0 saturated heterocycles. The molecule has 0 atom stereocenters. The first-order chi connectivity index (χ1) is 6.59. The summed E-state index contributed by atoms with van der Waals surface area (Å²) in [6.45, 7) is 0. The Bertz CT molecular complexity index is 519. The predicted molar refractivity (Wildman–Crippen MR) is 61.0 cm³/mol. The van der Waals surface area contributed by atoms with Gasteiger partial charge in [-0.15, -0.1) is 24.0 Å². The van der Waals surface area contributed by atoms with Crippen LogP contribution < -0.4 is 0 Å². The highest BCUT2D eigenvalue weighted by atomic mass is 35.5. The molecule has 1 heterocycles. The maximum Gasteiger partial charge on any atom is 0.335 e. The van der Waals surface area contributed by atoms with Gasteiger partial charge in [-0.2, -0.15) is 0 Å². The molecule has 0 amide bonds. The normalized spacial score (nSPS) is 10.7. The summed E-state index contributed by atoms with van der Waals surface area (Å²) in [4.78, 5) is 11.5. The molecule has 0 fully saturated rings. The third-order valence-electron chi connectivity index (χ3n) is 1.85. The van der Waals surface area contributed by atoms with Gasteiger partial charge in [-0.3, -0.25) is 0 Å². The number of carbonyl (C=O) groups is 1. The van der Waals surface area contributed by atoms with Crippen LogP contribution >= 0.6 is 35.6 Å². The first kappa shape index (κ1) is 9.83. The van der Waals surface area contributed by atoms with Crippen LogP contribution in [0.2, 0.25) is 5.02 Å². The number of aromatic carboxylic acids is 1. The fourth-order valence-corrected chi connectivity index (χ4v) is 3.03. The van der Waals surface area contributed by atoms with Crippen molar-refractivity contribution in [2.24, 2.45) is 0 Å². The molecule has 2 rings (SSSR count). The van der Waals surface area contributed by atoms with Crippen LogP contribution in [0, 0.1) is 0 Å². The van der Waals surface area contributed by atoms with Crippen molar-refractivity contribution < 1.29 is 9.90 Å².